The molecule has 3 aromatic rings. The lowest BCUT2D eigenvalue weighted by Crippen LogP contribution is -2.56. The van der Waals surface area contributed by atoms with Crippen LogP contribution in [0.1, 0.15) is 19.4 Å². The number of alkyl halides is 2. The van der Waals surface area contributed by atoms with E-state index in [1.807, 2.05) is 5.32 Å². The molecule has 1 aromatic heterocycles. The van der Waals surface area contributed by atoms with Crippen molar-refractivity contribution in [3.8, 4) is 11.4 Å². The fourth-order valence-electron chi connectivity index (χ4n) is 4.25. The number of rotatable bonds is 13. The zero-order valence-corrected chi connectivity index (χ0v) is 23.7. The molecule has 14 heteroatoms. The van der Waals surface area contributed by atoms with E-state index in [1.54, 1.807) is 68.4 Å². The van der Waals surface area contributed by atoms with Crippen LogP contribution < -0.4 is 27.7 Å². The van der Waals surface area contributed by atoms with Gasteiger partial charge in [0.25, 0.3) is 11.5 Å². The summed E-state index contributed by atoms with van der Waals surface area (Å²) in [6.45, 7) is 2.51. The monoisotopic (exact) mass is 597 g/mol. The number of nitrogens with one attached hydrogen (secondary N) is 2. The Bertz CT molecular complexity index is 1520. The number of nitrogen functional groups attached to an aromatic ring is 2. The van der Waals surface area contributed by atoms with Crippen molar-refractivity contribution in [1.29, 1.82) is 0 Å². The molecule has 0 aliphatic heterocycles. The second kappa shape index (κ2) is 14.2. The average Bonchev–Trinajstić information content (AvgIpc) is 2.99. The van der Waals surface area contributed by atoms with Crippen molar-refractivity contribution in [2.45, 2.75) is 38.8 Å². The van der Waals surface area contributed by atoms with Gasteiger partial charge in [0.05, 0.1) is 18.8 Å². The second-order valence-corrected chi connectivity index (χ2v) is 9.55. The Kier molecular flexibility index (Phi) is 10.7. The van der Waals surface area contributed by atoms with Crippen LogP contribution in [0.25, 0.3) is 11.4 Å². The fraction of sp³-hybridized carbons (Fsp3) is 0.310. The number of nitrogens with zero attached hydrogens (tertiary/aromatic N) is 3. The number of aromatic nitrogens is 2. The summed E-state index contributed by atoms with van der Waals surface area (Å²) in [5.41, 5.74) is 11.7. The quantitative estimate of drug-likeness (QED) is 0.166. The summed E-state index contributed by atoms with van der Waals surface area (Å²) < 4.78 is 31.3. The molecule has 0 aliphatic rings. The van der Waals surface area contributed by atoms with Gasteiger partial charge in [0.2, 0.25) is 17.6 Å². The first kappa shape index (κ1) is 32.4. The van der Waals surface area contributed by atoms with E-state index in [9.17, 15) is 24.0 Å². The first-order valence-electron chi connectivity index (χ1n) is 13.4. The number of nitrogens with two attached hydrogens (primary N) is 2. The predicted octanol–water partition coefficient (Wildman–Crippen LogP) is 0.991. The van der Waals surface area contributed by atoms with E-state index < -0.39 is 54.1 Å². The van der Waals surface area contributed by atoms with Gasteiger partial charge in [-0.2, -0.15) is 8.78 Å². The molecule has 1 atom stereocenters. The number of halogens is 2. The summed E-state index contributed by atoms with van der Waals surface area (Å²) in [5, 5.41) is 4.06. The summed E-state index contributed by atoms with van der Waals surface area (Å²) in [6.07, 6.45) is 0.732. The zero-order valence-electron chi connectivity index (χ0n) is 23.7. The fourth-order valence-corrected chi connectivity index (χ4v) is 4.25. The van der Waals surface area contributed by atoms with Crippen molar-refractivity contribution in [1.82, 2.24) is 25.1 Å². The highest BCUT2D eigenvalue weighted by Gasteiger charge is 2.50. The van der Waals surface area contributed by atoms with Crippen LogP contribution in [0.5, 0.6) is 0 Å². The number of hydrogen-bond acceptors (Lipinski definition) is 8. The summed E-state index contributed by atoms with van der Waals surface area (Å²) >= 11 is 0. The molecule has 1 unspecified atom stereocenters. The number of likely N-dealkylation sites (N-methyl/N-ethyl adjacent to an activating group) is 1. The van der Waals surface area contributed by atoms with Gasteiger partial charge in [-0.3, -0.25) is 28.5 Å². The van der Waals surface area contributed by atoms with Gasteiger partial charge in [0.15, 0.2) is 0 Å². The maximum absolute atomic E-state index is 15.2. The van der Waals surface area contributed by atoms with E-state index in [0.29, 0.717) is 29.9 Å². The van der Waals surface area contributed by atoms with E-state index in [-0.39, 0.29) is 17.9 Å². The molecule has 0 fully saturated rings. The molecule has 2 aromatic carbocycles. The van der Waals surface area contributed by atoms with Crippen LogP contribution in [-0.4, -0.2) is 69.6 Å². The molecular weight excluding hydrogens is 564 g/mol. The first-order valence-corrected chi connectivity index (χ1v) is 13.4. The molecule has 0 spiro atoms. The molecular formula is C29H33F2N7O5. The summed E-state index contributed by atoms with van der Waals surface area (Å²) in [5.74, 6) is -10.0. The molecule has 3 amide bonds. The third-order valence-electron chi connectivity index (χ3n) is 6.59. The molecule has 3 rings (SSSR count). The lowest BCUT2D eigenvalue weighted by molar-refractivity contribution is -0.161. The van der Waals surface area contributed by atoms with Crippen LogP contribution in [0.3, 0.4) is 0 Å². The van der Waals surface area contributed by atoms with Crippen LogP contribution in [0.4, 0.5) is 20.2 Å². The zero-order chi connectivity index (χ0) is 31.7. The molecule has 12 nitrogen and oxygen atoms in total. The SMILES string of the molecule is CCN(CC)C(=O)CNC(=O)C(F)(F)C(=O)C(Cc1ccccc1)NC(=O)Cn1c(-c2ccc(N)cc2)ncc(N)c1=O. The smallest absolute Gasteiger partial charge is 0.383 e. The molecule has 228 valence electrons. The number of hydrogen-bond donors (Lipinski definition) is 4. The lowest BCUT2D eigenvalue weighted by Gasteiger charge is -2.24. The predicted molar refractivity (Wildman–Crippen MR) is 156 cm³/mol. The Hall–Kier alpha value is -5.14. The number of anilines is 2. The minimum atomic E-state index is -4.60. The van der Waals surface area contributed by atoms with Crippen molar-refractivity contribution in [3.05, 3.63) is 76.7 Å². The third-order valence-corrected chi connectivity index (χ3v) is 6.59. The summed E-state index contributed by atoms with van der Waals surface area (Å²) in [4.78, 5) is 69.2. The summed E-state index contributed by atoms with van der Waals surface area (Å²) in [7, 11) is 0. The number of benzene rings is 2. The molecule has 1 heterocycles. The Morgan fingerprint density at radius 2 is 1.63 bits per heavy atom. The van der Waals surface area contributed by atoms with Gasteiger partial charge in [0.1, 0.15) is 18.1 Å². The van der Waals surface area contributed by atoms with Gasteiger partial charge in [-0.05, 0) is 43.7 Å². The third kappa shape index (κ3) is 7.99. The molecule has 0 saturated carbocycles. The van der Waals surface area contributed by atoms with Crippen LogP contribution in [0.2, 0.25) is 0 Å². The van der Waals surface area contributed by atoms with Crippen LogP contribution in [0.15, 0.2) is 65.6 Å². The van der Waals surface area contributed by atoms with Gasteiger partial charge in [-0.15, -0.1) is 0 Å². The normalized spacial score (nSPS) is 11.8. The van der Waals surface area contributed by atoms with Crippen LogP contribution in [0, 0.1) is 0 Å². The molecule has 0 aliphatic carbocycles. The molecule has 0 bridgehead atoms. The van der Waals surface area contributed by atoms with E-state index >= 15 is 8.78 Å². The van der Waals surface area contributed by atoms with Crippen LogP contribution >= 0.6 is 0 Å². The van der Waals surface area contributed by atoms with E-state index in [2.05, 4.69) is 10.3 Å². The van der Waals surface area contributed by atoms with Crippen molar-refractivity contribution in [2.24, 2.45) is 0 Å². The number of amides is 3. The van der Waals surface area contributed by atoms with Gasteiger partial charge >= 0.3 is 5.92 Å². The number of ketones is 1. The maximum Gasteiger partial charge on any atom is 0.383 e. The number of carbonyl (C=O) groups excluding carboxylic acids is 4. The highest BCUT2D eigenvalue weighted by molar-refractivity contribution is 6.11. The van der Waals surface area contributed by atoms with Crippen molar-refractivity contribution < 1.29 is 28.0 Å². The Balaban J connectivity index is 1.87. The van der Waals surface area contributed by atoms with E-state index in [4.69, 9.17) is 11.5 Å². The molecule has 43 heavy (non-hydrogen) atoms. The maximum atomic E-state index is 15.2. The Morgan fingerprint density at radius 3 is 2.23 bits per heavy atom. The van der Waals surface area contributed by atoms with Gasteiger partial charge in [0, 0.05) is 30.8 Å². The van der Waals surface area contributed by atoms with E-state index in [1.165, 1.54) is 4.90 Å². The topological polar surface area (TPSA) is 183 Å². The molecule has 0 radical (unpaired) electrons. The minimum absolute atomic E-state index is 0.0443. The standard InChI is InChI=1S/C29H33F2N7O5/c1-3-37(4-2)24(40)16-35-28(43)29(30,31)25(41)22(14-18-8-6-5-7-9-18)36-23(39)17-38-26(34-15-21(33)27(38)42)19-10-12-20(32)13-11-19/h5-13,15,22H,3-4,14,16-17,32-33H2,1-2H3,(H,35,43)(H,36,39). The number of Topliss-reactive ketones (excluding diaryl/α,β-unsaturated/α-hetero) is 1. The number of carbonyl (C=O) groups is 4. The summed E-state index contributed by atoms with van der Waals surface area (Å²) in [6, 6.07) is 12.4. The highest BCUT2D eigenvalue weighted by Crippen LogP contribution is 2.21. The van der Waals surface area contributed by atoms with Crippen molar-refractivity contribution in [3.63, 3.8) is 0 Å². The molecule has 6 N–H and O–H groups in total. The Morgan fingerprint density at radius 1 is 1.00 bits per heavy atom. The minimum Gasteiger partial charge on any atom is -0.399 e. The average molecular weight is 598 g/mol. The van der Waals surface area contributed by atoms with Crippen molar-refractivity contribution >= 4 is 34.9 Å². The first-order chi connectivity index (χ1) is 20.4. The second-order valence-electron chi connectivity index (χ2n) is 9.55. The van der Waals surface area contributed by atoms with E-state index in [0.717, 1.165) is 10.8 Å². The molecule has 0 saturated heterocycles. The van der Waals surface area contributed by atoms with Gasteiger partial charge in [-0.1, -0.05) is 30.3 Å². The highest BCUT2D eigenvalue weighted by atomic mass is 19.3. The largest absolute Gasteiger partial charge is 0.399 e. The lowest BCUT2D eigenvalue weighted by atomic mass is 9.98. The van der Waals surface area contributed by atoms with Crippen LogP contribution in [-0.2, 0) is 32.1 Å². The Labute approximate surface area is 246 Å². The van der Waals surface area contributed by atoms with Gasteiger partial charge < -0.3 is 27.0 Å². The van der Waals surface area contributed by atoms with Gasteiger partial charge in [-0.25, -0.2) is 4.98 Å². The van der Waals surface area contributed by atoms with Crippen molar-refractivity contribution in [2.75, 3.05) is 31.1 Å².